The Kier molecular flexibility index (Phi) is 8.46. The molecule has 5 aromatic heterocycles. The molecule has 0 bridgehead atoms. The number of pyridine rings is 1. The molecule has 9 heteroatoms. The maximum atomic E-state index is 6.37. The Hall–Kier alpha value is -9.86. The van der Waals surface area contributed by atoms with Crippen LogP contribution in [0.3, 0.4) is 0 Å². The molecule has 332 valence electrons. The Bertz CT molecular complexity index is 4430. The molecule has 9 aromatic carbocycles. The zero-order valence-electron chi connectivity index (χ0n) is 37.8. The second kappa shape index (κ2) is 15.3. The van der Waals surface area contributed by atoms with Gasteiger partial charge in [0.15, 0.2) is 23.1 Å². The molecule has 9 nitrogen and oxygen atoms in total. The van der Waals surface area contributed by atoms with Crippen molar-refractivity contribution in [1.82, 2.24) is 29.1 Å². The van der Waals surface area contributed by atoms with Crippen LogP contribution in [0.5, 0.6) is 11.5 Å². The number of benzene rings is 9. The topological polar surface area (TPSA) is 87.0 Å². The third-order valence-electron chi connectivity index (χ3n) is 13.8. The fourth-order valence-corrected chi connectivity index (χ4v) is 10.6. The molecule has 0 N–H and O–H groups in total. The highest BCUT2D eigenvalue weighted by Crippen LogP contribution is 2.50. The number of aromatic nitrogens is 6. The molecule has 0 radical (unpaired) electrons. The predicted molar refractivity (Wildman–Crippen MR) is 285 cm³/mol. The van der Waals surface area contributed by atoms with E-state index in [4.69, 9.17) is 29.1 Å². The first-order valence-electron chi connectivity index (χ1n) is 23.6. The van der Waals surface area contributed by atoms with Crippen LogP contribution in [-0.2, 0) is 0 Å². The summed E-state index contributed by atoms with van der Waals surface area (Å²) in [5.41, 5.74) is 12.2. The van der Waals surface area contributed by atoms with Crippen molar-refractivity contribution in [2.24, 2.45) is 0 Å². The third kappa shape index (κ3) is 6.06. The molecule has 1 aliphatic rings. The van der Waals surface area contributed by atoms with Crippen LogP contribution in [0.4, 0.5) is 17.1 Å². The van der Waals surface area contributed by atoms with E-state index in [1.165, 1.54) is 0 Å². The molecular formula is C62H37N7O2. The molecule has 0 saturated heterocycles. The van der Waals surface area contributed by atoms with Crippen LogP contribution in [0.15, 0.2) is 229 Å². The number of anilines is 3. The van der Waals surface area contributed by atoms with Crippen molar-refractivity contribution in [3.8, 4) is 57.3 Å². The van der Waals surface area contributed by atoms with Gasteiger partial charge in [-0.05, 0) is 91.0 Å². The molecule has 0 saturated carbocycles. The molecule has 0 unspecified atom stereocenters. The summed E-state index contributed by atoms with van der Waals surface area (Å²) in [7, 11) is 0. The van der Waals surface area contributed by atoms with E-state index in [0.717, 1.165) is 122 Å². The molecule has 0 spiro atoms. The van der Waals surface area contributed by atoms with Gasteiger partial charge in [0.05, 0.1) is 39.1 Å². The summed E-state index contributed by atoms with van der Waals surface area (Å²) in [4.78, 5) is 23.6. The molecule has 0 fully saturated rings. The molecule has 15 rings (SSSR count). The summed E-state index contributed by atoms with van der Waals surface area (Å²) in [5, 5.41) is 6.55. The minimum Gasteiger partial charge on any atom is -0.456 e. The standard InChI is InChI=1S/C62H37N7O2/c1-2-16-38(17-3-1)60-64-61(40-18-14-19-41(36-40)67-50-26-9-12-29-55(50)71-56-30-13-10-27-51(56)67)66-62(65-60)68-49-25-8-5-22-45(49)58-52(68)34-33-44-42-20-4-7-24-48(42)69(59(44)58)57-31-15-23-47(63-57)39-32-35-54-46(37-39)43-21-6-11-28-53(43)70-54/h1-37H. The Labute approximate surface area is 405 Å². The van der Waals surface area contributed by atoms with E-state index in [2.05, 4.69) is 154 Å². The minimum absolute atomic E-state index is 0.511. The third-order valence-corrected chi connectivity index (χ3v) is 13.8. The van der Waals surface area contributed by atoms with Crippen LogP contribution in [0, 0.1) is 0 Å². The van der Waals surface area contributed by atoms with Gasteiger partial charge < -0.3 is 14.1 Å². The fraction of sp³-hybridized carbons (Fsp3) is 0. The smallest absolute Gasteiger partial charge is 0.238 e. The highest BCUT2D eigenvalue weighted by Gasteiger charge is 2.27. The summed E-state index contributed by atoms with van der Waals surface area (Å²) >= 11 is 0. The Morgan fingerprint density at radius 3 is 1.83 bits per heavy atom. The maximum absolute atomic E-state index is 6.37. The molecule has 0 amide bonds. The van der Waals surface area contributed by atoms with Gasteiger partial charge >= 0.3 is 0 Å². The molecule has 0 aliphatic carbocycles. The molecule has 6 heterocycles. The zero-order chi connectivity index (χ0) is 46.6. The summed E-state index contributed by atoms with van der Waals surface area (Å²) in [6, 6.07) is 77.2. The van der Waals surface area contributed by atoms with Gasteiger partial charge in [-0.1, -0.05) is 133 Å². The van der Waals surface area contributed by atoms with Crippen molar-refractivity contribution in [1.29, 1.82) is 0 Å². The summed E-state index contributed by atoms with van der Waals surface area (Å²) < 4.78 is 17.1. The molecule has 1 aliphatic heterocycles. The largest absolute Gasteiger partial charge is 0.456 e. The Balaban J connectivity index is 0.945. The van der Waals surface area contributed by atoms with E-state index < -0.39 is 0 Å². The van der Waals surface area contributed by atoms with Crippen molar-refractivity contribution in [2.45, 2.75) is 0 Å². The van der Waals surface area contributed by atoms with Gasteiger partial charge in [0, 0.05) is 54.7 Å². The summed E-state index contributed by atoms with van der Waals surface area (Å²) in [6.07, 6.45) is 0. The molecule has 14 aromatic rings. The van der Waals surface area contributed by atoms with Gasteiger partial charge in [-0.15, -0.1) is 0 Å². The normalized spacial score (nSPS) is 12.3. The van der Waals surface area contributed by atoms with Crippen molar-refractivity contribution in [3.05, 3.63) is 224 Å². The number of furan rings is 1. The maximum Gasteiger partial charge on any atom is 0.238 e. The average molecular weight is 912 g/mol. The number of hydrogen-bond acceptors (Lipinski definition) is 7. The quantitative estimate of drug-likeness (QED) is 0.164. The van der Waals surface area contributed by atoms with Crippen LogP contribution in [0.1, 0.15) is 0 Å². The first-order valence-corrected chi connectivity index (χ1v) is 23.6. The van der Waals surface area contributed by atoms with Crippen molar-refractivity contribution < 1.29 is 9.15 Å². The summed E-state index contributed by atoms with van der Waals surface area (Å²) in [6.45, 7) is 0. The van der Waals surface area contributed by atoms with Gasteiger partial charge in [-0.3, -0.25) is 9.13 Å². The number of hydrogen-bond donors (Lipinski definition) is 0. The number of fused-ring (bicyclic) bond motifs is 12. The monoisotopic (exact) mass is 911 g/mol. The van der Waals surface area contributed by atoms with Gasteiger partial charge in [0.1, 0.15) is 17.0 Å². The van der Waals surface area contributed by atoms with Gasteiger partial charge in [0.2, 0.25) is 5.95 Å². The van der Waals surface area contributed by atoms with E-state index in [1.54, 1.807) is 0 Å². The molecule has 71 heavy (non-hydrogen) atoms. The van der Waals surface area contributed by atoms with Gasteiger partial charge in [-0.25, -0.2) is 9.97 Å². The number of para-hydroxylation sites is 7. The number of nitrogens with zero attached hydrogens (tertiary/aromatic N) is 7. The van der Waals surface area contributed by atoms with Crippen LogP contribution in [-0.4, -0.2) is 29.1 Å². The van der Waals surface area contributed by atoms with E-state index in [1.807, 2.05) is 84.9 Å². The fourth-order valence-electron chi connectivity index (χ4n) is 10.6. The minimum atomic E-state index is 0.511. The van der Waals surface area contributed by atoms with Gasteiger partial charge in [0.25, 0.3) is 0 Å². The Morgan fingerprint density at radius 1 is 0.366 bits per heavy atom. The zero-order valence-corrected chi connectivity index (χ0v) is 37.8. The SMILES string of the molecule is c1ccc(-c2nc(-c3cccc(N4c5ccccc5Oc5ccccc54)c3)nc(-n3c4ccccc4c4c3ccc3c5ccccc5n(-c5cccc(-c6ccc7oc8ccccc8c7c6)n5)c34)n2)cc1. The van der Waals surface area contributed by atoms with E-state index in [0.29, 0.717) is 17.6 Å². The second-order valence-electron chi connectivity index (χ2n) is 17.8. The predicted octanol–water partition coefficient (Wildman–Crippen LogP) is 15.9. The van der Waals surface area contributed by atoms with Crippen molar-refractivity contribution >= 4 is 82.6 Å². The lowest BCUT2D eigenvalue weighted by Gasteiger charge is -2.32. The highest BCUT2D eigenvalue weighted by molar-refractivity contribution is 6.26. The molecular weight excluding hydrogens is 875 g/mol. The Morgan fingerprint density at radius 2 is 1.01 bits per heavy atom. The van der Waals surface area contributed by atoms with Crippen molar-refractivity contribution in [2.75, 3.05) is 4.90 Å². The van der Waals surface area contributed by atoms with Crippen LogP contribution < -0.4 is 9.64 Å². The lowest BCUT2D eigenvalue weighted by molar-refractivity contribution is 0.477. The highest BCUT2D eigenvalue weighted by atomic mass is 16.5. The summed E-state index contributed by atoms with van der Waals surface area (Å²) in [5.74, 6) is 4.02. The lowest BCUT2D eigenvalue weighted by Crippen LogP contribution is -2.15. The molecule has 0 atom stereocenters. The van der Waals surface area contributed by atoms with E-state index >= 15 is 0 Å². The van der Waals surface area contributed by atoms with Crippen molar-refractivity contribution in [3.63, 3.8) is 0 Å². The van der Waals surface area contributed by atoms with E-state index in [-0.39, 0.29) is 0 Å². The first-order chi connectivity index (χ1) is 35.2. The van der Waals surface area contributed by atoms with Gasteiger partial charge in [-0.2, -0.15) is 9.97 Å². The lowest BCUT2D eigenvalue weighted by atomic mass is 10.1. The van der Waals surface area contributed by atoms with Crippen LogP contribution >= 0.6 is 0 Å². The first kappa shape index (κ1) is 39.2. The van der Waals surface area contributed by atoms with E-state index in [9.17, 15) is 0 Å². The second-order valence-corrected chi connectivity index (χ2v) is 17.8. The number of rotatable bonds is 6. The average Bonchev–Trinajstić information content (AvgIpc) is 4.10. The number of ether oxygens (including phenoxy) is 1. The van der Waals surface area contributed by atoms with Crippen LogP contribution in [0.2, 0.25) is 0 Å². The van der Waals surface area contributed by atoms with Crippen LogP contribution in [0.25, 0.3) is 111 Å².